The summed E-state index contributed by atoms with van der Waals surface area (Å²) in [5.74, 6) is 0. The van der Waals surface area contributed by atoms with Gasteiger partial charge in [0.25, 0.3) is 0 Å². The zero-order valence-electron chi connectivity index (χ0n) is 3.32. The number of thioether (sulfide) groups is 1. The number of rotatable bonds is 0. The molecular formula is C3H6S2. The van der Waals surface area contributed by atoms with Gasteiger partial charge in [-0.15, -0.1) is 11.8 Å². The molecule has 0 nitrogen and oxygen atoms in total. The van der Waals surface area contributed by atoms with Crippen LogP contribution in [0.1, 0.15) is 6.92 Å². The molecule has 0 heterocycles. The Morgan fingerprint density at radius 1 is 1.80 bits per heavy atom. The van der Waals surface area contributed by atoms with Gasteiger partial charge in [0.15, 0.2) is 0 Å². The number of hydrogen-bond donors (Lipinski definition) is 0. The van der Waals surface area contributed by atoms with Crippen LogP contribution >= 0.6 is 24.0 Å². The van der Waals surface area contributed by atoms with Crippen LogP contribution in [0, 0.1) is 0 Å². The lowest BCUT2D eigenvalue weighted by atomic mass is 11.0. The van der Waals surface area contributed by atoms with E-state index in [2.05, 4.69) is 12.2 Å². The van der Waals surface area contributed by atoms with Crippen LogP contribution in [0.4, 0.5) is 0 Å². The Hall–Kier alpha value is 0.440. The summed E-state index contributed by atoms with van der Waals surface area (Å²) in [7, 11) is 0. The van der Waals surface area contributed by atoms with E-state index in [0.29, 0.717) is 0 Å². The monoisotopic (exact) mass is 106 g/mol. The van der Waals surface area contributed by atoms with Crippen LogP contribution in [0.2, 0.25) is 0 Å². The highest BCUT2D eigenvalue weighted by atomic mass is 32.2. The number of hydrogen-bond acceptors (Lipinski definition) is 2. The van der Waals surface area contributed by atoms with E-state index in [9.17, 15) is 0 Å². The van der Waals surface area contributed by atoms with Crippen molar-refractivity contribution in [1.29, 1.82) is 0 Å². The predicted molar refractivity (Wildman–Crippen MR) is 31.8 cm³/mol. The van der Waals surface area contributed by atoms with Crippen LogP contribution in [0.5, 0.6) is 0 Å². The minimum absolute atomic E-state index is 1.00. The highest BCUT2D eigenvalue weighted by Gasteiger charge is 1.71. The zero-order chi connectivity index (χ0) is 4.28. The molecule has 5 heavy (non-hydrogen) atoms. The summed E-state index contributed by atoms with van der Waals surface area (Å²) in [5, 5.41) is 0. The van der Waals surface area contributed by atoms with E-state index < -0.39 is 0 Å². The first-order valence-electron chi connectivity index (χ1n) is 1.32. The maximum absolute atomic E-state index is 4.66. The highest BCUT2D eigenvalue weighted by molar-refractivity contribution is 8.22. The van der Waals surface area contributed by atoms with Crippen LogP contribution < -0.4 is 0 Å². The fraction of sp³-hybridized carbons (Fsp3) is 0.667. The van der Waals surface area contributed by atoms with Gasteiger partial charge in [0.2, 0.25) is 0 Å². The third-order valence-electron chi connectivity index (χ3n) is 0.287. The summed E-state index contributed by atoms with van der Waals surface area (Å²) in [5.41, 5.74) is 0. The lowest BCUT2D eigenvalue weighted by Crippen LogP contribution is -1.66. The second-order valence-electron chi connectivity index (χ2n) is 0.696. The smallest absolute Gasteiger partial charge is 0.0444 e. The molecule has 0 aliphatic carbocycles. The minimum Gasteiger partial charge on any atom is -0.123 e. The van der Waals surface area contributed by atoms with Gasteiger partial charge in [-0.2, -0.15) is 0 Å². The van der Waals surface area contributed by atoms with Gasteiger partial charge in [0.05, 0.1) is 0 Å². The number of thiocarbonyl (C=S) groups is 1. The summed E-state index contributed by atoms with van der Waals surface area (Å²) >= 11 is 6.27. The van der Waals surface area contributed by atoms with Gasteiger partial charge < -0.3 is 0 Å². The highest BCUT2D eigenvalue weighted by Crippen LogP contribution is 1.92. The fourth-order valence-electron chi connectivity index (χ4n) is 0. The summed E-state index contributed by atoms with van der Waals surface area (Å²) in [6.45, 7) is 1.92. The van der Waals surface area contributed by atoms with Crippen molar-refractivity contribution in [2.24, 2.45) is 0 Å². The molecule has 0 amide bonds. The normalized spacial score (nSPS) is 7.60. The first kappa shape index (κ1) is 5.44. The Kier molecular flexibility index (Phi) is 2.90. The van der Waals surface area contributed by atoms with Crippen LogP contribution in [0.3, 0.4) is 0 Å². The Morgan fingerprint density at radius 3 is 2.00 bits per heavy atom. The SMILES string of the molecule is CSC(C)=S. The van der Waals surface area contributed by atoms with Crippen molar-refractivity contribution in [2.75, 3.05) is 6.26 Å². The van der Waals surface area contributed by atoms with Crippen LogP contribution in [0.25, 0.3) is 0 Å². The fourth-order valence-corrected chi connectivity index (χ4v) is 0. The predicted octanol–water partition coefficient (Wildman–Crippen LogP) is 1.70. The molecule has 0 aliphatic rings. The molecule has 0 saturated carbocycles. The molecule has 0 aromatic heterocycles. The Bertz CT molecular complexity index is 40.2. The summed E-state index contributed by atoms with van der Waals surface area (Å²) in [6, 6.07) is 0. The van der Waals surface area contributed by atoms with Crippen molar-refractivity contribution in [3.8, 4) is 0 Å². The molecule has 0 aromatic rings. The van der Waals surface area contributed by atoms with E-state index in [1.54, 1.807) is 11.8 Å². The molecule has 0 spiro atoms. The average Bonchev–Trinajstić information content (AvgIpc) is 1.38. The molecule has 0 saturated heterocycles. The van der Waals surface area contributed by atoms with Crippen molar-refractivity contribution >= 4 is 28.2 Å². The van der Waals surface area contributed by atoms with Gasteiger partial charge >= 0.3 is 0 Å². The largest absolute Gasteiger partial charge is 0.123 e. The van der Waals surface area contributed by atoms with E-state index in [0.717, 1.165) is 4.20 Å². The van der Waals surface area contributed by atoms with E-state index >= 15 is 0 Å². The average molecular weight is 106 g/mol. The molecule has 2 heteroatoms. The summed E-state index contributed by atoms with van der Waals surface area (Å²) in [4.78, 5) is 0. The molecule has 30 valence electrons. The van der Waals surface area contributed by atoms with E-state index in [1.807, 2.05) is 13.2 Å². The lowest BCUT2D eigenvalue weighted by Gasteiger charge is -1.76. The standard InChI is InChI=1S/C3H6S2/c1-3(4)5-2/h1-2H3. The maximum atomic E-state index is 4.66. The molecule has 0 rings (SSSR count). The third kappa shape index (κ3) is 4.44. The van der Waals surface area contributed by atoms with Crippen LogP contribution in [0.15, 0.2) is 0 Å². The molecule has 0 fully saturated rings. The van der Waals surface area contributed by atoms with E-state index in [4.69, 9.17) is 0 Å². The quantitative estimate of drug-likeness (QED) is 0.431. The first-order valence-corrected chi connectivity index (χ1v) is 2.95. The molecule has 0 atom stereocenters. The lowest BCUT2D eigenvalue weighted by molar-refractivity contribution is 2.11. The van der Waals surface area contributed by atoms with Crippen molar-refractivity contribution in [3.63, 3.8) is 0 Å². The molecule has 0 bridgehead atoms. The van der Waals surface area contributed by atoms with Gasteiger partial charge in [-0.25, -0.2) is 0 Å². The minimum atomic E-state index is 1.00. The van der Waals surface area contributed by atoms with E-state index in [-0.39, 0.29) is 0 Å². The topological polar surface area (TPSA) is 0 Å². The van der Waals surface area contributed by atoms with Gasteiger partial charge in [0, 0.05) is 4.20 Å². The second-order valence-corrected chi connectivity index (χ2v) is 2.59. The maximum Gasteiger partial charge on any atom is 0.0444 e. The van der Waals surface area contributed by atoms with Gasteiger partial charge in [-0.3, -0.25) is 0 Å². The van der Waals surface area contributed by atoms with Gasteiger partial charge in [-0.1, -0.05) is 12.2 Å². The van der Waals surface area contributed by atoms with Gasteiger partial charge in [-0.05, 0) is 13.2 Å². The van der Waals surface area contributed by atoms with E-state index in [1.165, 1.54) is 0 Å². The molecule has 0 aliphatic heterocycles. The van der Waals surface area contributed by atoms with Gasteiger partial charge in [0.1, 0.15) is 0 Å². The summed E-state index contributed by atoms with van der Waals surface area (Å²) in [6.07, 6.45) is 1.97. The van der Waals surface area contributed by atoms with Crippen LogP contribution in [-0.4, -0.2) is 10.5 Å². The molecule has 0 aromatic carbocycles. The Morgan fingerprint density at radius 2 is 2.00 bits per heavy atom. The second kappa shape index (κ2) is 2.67. The van der Waals surface area contributed by atoms with Crippen molar-refractivity contribution in [2.45, 2.75) is 6.92 Å². The summed E-state index contributed by atoms with van der Waals surface area (Å²) < 4.78 is 1.00. The Balaban J connectivity index is 2.85. The molecule has 0 N–H and O–H groups in total. The van der Waals surface area contributed by atoms with Crippen molar-refractivity contribution < 1.29 is 0 Å². The molecular weight excluding hydrogens is 100 g/mol. The first-order chi connectivity index (χ1) is 2.27. The van der Waals surface area contributed by atoms with Crippen LogP contribution in [-0.2, 0) is 0 Å². The van der Waals surface area contributed by atoms with Crippen molar-refractivity contribution in [1.82, 2.24) is 0 Å². The zero-order valence-corrected chi connectivity index (χ0v) is 4.95. The Labute approximate surface area is 42.0 Å². The molecule has 0 unspecified atom stereocenters. The third-order valence-corrected chi connectivity index (χ3v) is 1.36. The van der Waals surface area contributed by atoms with Crippen molar-refractivity contribution in [3.05, 3.63) is 0 Å². The molecule has 0 radical (unpaired) electrons.